The van der Waals surface area contributed by atoms with E-state index in [2.05, 4.69) is 9.97 Å². The smallest absolute Gasteiger partial charge is 0.342 e. The summed E-state index contributed by atoms with van der Waals surface area (Å²) in [5.74, 6) is -1.36. The zero-order valence-electron chi connectivity index (χ0n) is 12.6. The van der Waals surface area contributed by atoms with Gasteiger partial charge >= 0.3 is 5.97 Å². The van der Waals surface area contributed by atoms with Crippen molar-refractivity contribution in [2.24, 2.45) is 0 Å². The third-order valence-electron chi connectivity index (χ3n) is 3.15. The molecule has 2 rings (SSSR count). The molecule has 0 spiro atoms. The van der Waals surface area contributed by atoms with Crippen LogP contribution >= 0.6 is 11.6 Å². The van der Waals surface area contributed by atoms with Crippen LogP contribution in [-0.4, -0.2) is 40.0 Å². The van der Waals surface area contributed by atoms with Crippen LogP contribution in [0.4, 0.5) is 0 Å². The highest BCUT2D eigenvalue weighted by Crippen LogP contribution is 2.14. The lowest BCUT2D eigenvalue weighted by Gasteiger charge is -2.19. The van der Waals surface area contributed by atoms with Gasteiger partial charge in [-0.05, 0) is 17.7 Å². The van der Waals surface area contributed by atoms with Crippen molar-refractivity contribution in [2.45, 2.75) is 13.1 Å². The Bertz CT molecular complexity index is 909. The van der Waals surface area contributed by atoms with E-state index < -0.39 is 27.1 Å². The normalized spacial score (nSPS) is 11.6. The summed E-state index contributed by atoms with van der Waals surface area (Å²) < 4.78 is 25.0. The Morgan fingerprint density at radius 2 is 1.92 bits per heavy atom. The highest BCUT2D eigenvalue weighted by atomic mass is 35.5. The number of hydrogen-bond donors (Lipinski definition) is 2. The van der Waals surface area contributed by atoms with Crippen molar-refractivity contribution in [1.29, 1.82) is 0 Å². The first-order valence-electron chi connectivity index (χ1n) is 6.68. The second-order valence-electron chi connectivity index (χ2n) is 5.04. The number of nitrogens with one attached hydrogen (secondary N) is 1. The zero-order chi connectivity index (χ0) is 17.9. The van der Waals surface area contributed by atoms with E-state index in [1.807, 2.05) is 0 Å². The summed E-state index contributed by atoms with van der Waals surface area (Å²) in [6.07, 6.45) is 1.94. The van der Waals surface area contributed by atoms with Gasteiger partial charge in [0.25, 0.3) is 5.56 Å². The molecule has 8 nitrogen and oxygen atoms in total. The van der Waals surface area contributed by atoms with Gasteiger partial charge in [-0.2, -0.15) is 4.31 Å². The molecule has 1 aromatic heterocycles. The number of carboxylic acids is 1. The highest BCUT2D eigenvalue weighted by molar-refractivity contribution is 7.88. The number of H-pyrrole nitrogens is 1. The van der Waals surface area contributed by atoms with E-state index in [0.717, 1.165) is 16.8 Å². The molecule has 0 saturated carbocycles. The van der Waals surface area contributed by atoms with Crippen molar-refractivity contribution in [3.8, 4) is 0 Å². The summed E-state index contributed by atoms with van der Waals surface area (Å²) in [5.41, 5.74) is -0.649. The first-order valence-corrected chi connectivity index (χ1v) is 8.90. The maximum Gasteiger partial charge on any atom is 0.342 e. The van der Waals surface area contributed by atoms with Crippen molar-refractivity contribution >= 4 is 27.6 Å². The Labute approximate surface area is 142 Å². The van der Waals surface area contributed by atoms with E-state index >= 15 is 0 Å². The van der Waals surface area contributed by atoms with E-state index in [0.29, 0.717) is 10.6 Å². The van der Waals surface area contributed by atoms with Gasteiger partial charge in [-0.3, -0.25) is 4.79 Å². The number of carboxylic acid groups (broad SMARTS) is 1. The second kappa shape index (κ2) is 7.12. The number of rotatable bonds is 6. The number of sulfonamides is 1. The Hall–Kier alpha value is -2.23. The van der Waals surface area contributed by atoms with Crippen LogP contribution < -0.4 is 5.56 Å². The number of benzene rings is 1. The van der Waals surface area contributed by atoms with Crippen molar-refractivity contribution < 1.29 is 18.3 Å². The lowest BCUT2D eigenvalue weighted by Crippen LogP contribution is -2.31. The molecular weight excluding hydrogens is 358 g/mol. The third-order valence-corrected chi connectivity index (χ3v) is 4.60. The molecule has 0 atom stereocenters. The van der Waals surface area contributed by atoms with Crippen molar-refractivity contribution in [3.05, 3.63) is 62.8 Å². The fraction of sp³-hybridized carbons (Fsp3) is 0.214. The summed E-state index contributed by atoms with van der Waals surface area (Å²) in [6.45, 7) is -0.142. The molecule has 0 unspecified atom stereocenters. The van der Waals surface area contributed by atoms with Crippen molar-refractivity contribution in [2.75, 3.05) is 6.26 Å². The maximum absolute atomic E-state index is 12.0. The molecule has 2 N–H and O–H groups in total. The lowest BCUT2D eigenvalue weighted by atomic mass is 10.2. The summed E-state index contributed by atoms with van der Waals surface area (Å²) in [7, 11) is -3.59. The fourth-order valence-electron chi connectivity index (χ4n) is 1.92. The Kier molecular flexibility index (Phi) is 5.37. The van der Waals surface area contributed by atoms with Gasteiger partial charge in [-0.15, -0.1) is 0 Å². The molecule has 0 bridgehead atoms. The Balaban J connectivity index is 2.27. The van der Waals surface area contributed by atoms with Gasteiger partial charge in [0, 0.05) is 17.8 Å². The largest absolute Gasteiger partial charge is 0.477 e. The zero-order valence-corrected chi connectivity index (χ0v) is 14.1. The number of carbonyl (C=O) groups is 1. The number of hydrogen-bond acceptors (Lipinski definition) is 5. The van der Waals surface area contributed by atoms with Crippen LogP contribution in [-0.2, 0) is 23.1 Å². The molecule has 1 aromatic carbocycles. The predicted octanol–water partition coefficient (Wildman–Crippen LogP) is 1.08. The quantitative estimate of drug-likeness (QED) is 0.783. The monoisotopic (exact) mass is 371 g/mol. The van der Waals surface area contributed by atoms with Gasteiger partial charge in [-0.25, -0.2) is 18.2 Å². The van der Waals surface area contributed by atoms with Gasteiger partial charge in [0.05, 0.1) is 12.8 Å². The van der Waals surface area contributed by atoms with E-state index in [1.165, 1.54) is 0 Å². The average molecular weight is 372 g/mol. The van der Waals surface area contributed by atoms with Gasteiger partial charge in [0.2, 0.25) is 10.0 Å². The molecule has 128 valence electrons. The molecule has 0 aliphatic heterocycles. The molecule has 0 aliphatic rings. The van der Waals surface area contributed by atoms with E-state index in [1.54, 1.807) is 24.3 Å². The van der Waals surface area contributed by atoms with Gasteiger partial charge in [0.15, 0.2) is 0 Å². The van der Waals surface area contributed by atoms with Gasteiger partial charge < -0.3 is 10.1 Å². The van der Waals surface area contributed by atoms with Crippen LogP contribution in [0.3, 0.4) is 0 Å². The number of aromatic carboxylic acids is 1. The van der Waals surface area contributed by atoms with Crippen LogP contribution in [0.5, 0.6) is 0 Å². The van der Waals surface area contributed by atoms with Crippen molar-refractivity contribution in [3.63, 3.8) is 0 Å². The number of aromatic amines is 1. The molecule has 10 heteroatoms. The SMILES string of the molecule is CS(=O)(=O)N(Cc1ccc(Cl)cc1)Cc1ncc(C(=O)O)c(=O)[nH]1. The minimum Gasteiger partial charge on any atom is -0.477 e. The van der Waals surface area contributed by atoms with Crippen LogP contribution in [0.15, 0.2) is 35.3 Å². The first-order chi connectivity index (χ1) is 11.2. The van der Waals surface area contributed by atoms with Crippen LogP contribution in [0.1, 0.15) is 21.7 Å². The van der Waals surface area contributed by atoms with E-state index in [9.17, 15) is 18.0 Å². The number of aromatic nitrogens is 2. The molecule has 0 saturated heterocycles. The third kappa shape index (κ3) is 4.63. The summed E-state index contributed by atoms with van der Waals surface area (Å²) >= 11 is 5.80. The molecule has 0 radical (unpaired) electrons. The first kappa shape index (κ1) is 18.1. The lowest BCUT2D eigenvalue weighted by molar-refractivity contribution is 0.0694. The topological polar surface area (TPSA) is 120 Å². The van der Waals surface area contributed by atoms with Crippen LogP contribution in [0.25, 0.3) is 0 Å². The number of halogens is 1. The fourth-order valence-corrected chi connectivity index (χ4v) is 2.78. The molecule has 1 heterocycles. The number of nitrogens with zero attached hydrogens (tertiary/aromatic N) is 2. The standard InChI is InChI=1S/C14H14ClN3O5S/c1-24(22,23)18(7-9-2-4-10(15)5-3-9)8-12-16-6-11(14(20)21)13(19)17-12/h2-6H,7-8H2,1H3,(H,20,21)(H,16,17,19). The molecule has 0 amide bonds. The summed E-state index contributed by atoms with van der Waals surface area (Å²) in [6, 6.07) is 6.65. The van der Waals surface area contributed by atoms with E-state index in [-0.39, 0.29) is 18.9 Å². The van der Waals surface area contributed by atoms with E-state index in [4.69, 9.17) is 16.7 Å². The van der Waals surface area contributed by atoms with Gasteiger partial charge in [0.1, 0.15) is 11.4 Å². The Morgan fingerprint density at radius 3 is 2.42 bits per heavy atom. The van der Waals surface area contributed by atoms with Crippen molar-refractivity contribution in [1.82, 2.24) is 14.3 Å². The summed E-state index contributed by atoms with van der Waals surface area (Å²) in [4.78, 5) is 28.5. The Morgan fingerprint density at radius 1 is 1.29 bits per heavy atom. The van der Waals surface area contributed by atoms with Gasteiger partial charge in [-0.1, -0.05) is 23.7 Å². The second-order valence-corrected chi connectivity index (χ2v) is 7.45. The molecule has 24 heavy (non-hydrogen) atoms. The summed E-state index contributed by atoms with van der Waals surface area (Å²) in [5, 5.41) is 9.34. The molecular formula is C14H14ClN3O5S. The maximum atomic E-state index is 12.0. The molecule has 0 fully saturated rings. The van der Waals surface area contributed by atoms with Crippen LogP contribution in [0, 0.1) is 0 Å². The molecule has 2 aromatic rings. The average Bonchev–Trinajstić information content (AvgIpc) is 2.47. The minimum absolute atomic E-state index is 0.0457. The minimum atomic E-state index is -3.59. The predicted molar refractivity (Wildman–Crippen MR) is 87.4 cm³/mol. The highest BCUT2D eigenvalue weighted by Gasteiger charge is 2.19. The van der Waals surface area contributed by atoms with Crippen LogP contribution in [0.2, 0.25) is 5.02 Å². The molecule has 0 aliphatic carbocycles.